The number of carbonyl (C=O) groups is 1. The second kappa shape index (κ2) is 8.63. The van der Waals surface area contributed by atoms with Crippen LogP contribution in [0.3, 0.4) is 0 Å². The molecule has 1 unspecified atom stereocenters. The van der Waals surface area contributed by atoms with Crippen LogP contribution < -0.4 is 5.32 Å². The number of piperidine rings is 1. The second-order valence-corrected chi connectivity index (χ2v) is 7.28. The van der Waals surface area contributed by atoms with Gasteiger partial charge in [0, 0.05) is 18.8 Å². The lowest BCUT2D eigenvalue weighted by molar-refractivity contribution is -0.116. The summed E-state index contributed by atoms with van der Waals surface area (Å²) in [7, 11) is 0. The molecule has 7 heteroatoms. The quantitative estimate of drug-likeness (QED) is 0.639. The van der Waals surface area contributed by atoms with Gasteiger partial charge in [0.25, 0.3) is 0 Å². The zero-order valence-corrected chi connectivity index (χ0v) is 16.3. The van der Waals surface area contributed by atoms with Crippen LogP contribution in [-0.4, -0.2) is 39.8 Å². The van der Waals surface area contributed by atoms with Crippen molar-refractivity contribution >= 4 is 29.2 Å². The third-order valence-corrected chi connectivity index (χ3v) is 5.37. The number of halogens is 1. The average molecular weight is 399 g/mol. The molecule has 146 valence electrons. The predicted molar refractivity (Wildman–Crippen MR) is 109 cm³/mol. The van der Waals surface area contributed by atoms with Crippen LogP contribution in [0.25, 0.3) is 11.7 Å². The summed E-state index contributed by atoms with van der Waals surface area (Å²) in [5, 5.41) is 3.37. The van der Waals surface area contributed by atoms with Gasteiger partial charge in [-0.2, -0.15) is 0 Å². The molecular formula is C21H23ClN4O2. The lowest BCUT2D eigenvalue weighted by Gasteiger charge is -2.33. The van der Waals surface area contributed by atoms with Gasteiger partial charge in [0.2, 0.25) is 5.91 Å². The Bertz CT molecular complexity index is 958. The molecule has 6 nitrogen and oxygen atoms in total. The third-order valence-electron chi connectivity index (χ3n) is 5.09. The van der Waals surface area contributed by atoms with Gasteiger partial charge >= 0.3 is 0 Å². The molecule has 1 fully saturated rings. The molecule has 0 radical (unpaired) electrons. The molecule has 1 amide bonds. The van der Waals surface area contributed by atoms with E-state index in [0.29, 0.717) is 17.4 Å². The van der Waals surface area contributed by atoms with Crippen molar-refractivity contribution in [1.29, 1.82) is 0 Å². The minimum atomic E-state index is -0.171. The first-order valence-electron chi connectivity index (χ1n) is 9.58. The molecule has 1 aliphatic rings. The lowest BCUT2D eigenvalue weighted by Crippen LogP contribution is -2.40. The first kappa shape index (κ1) is 18.8. The summed E-state index contributed by atoms with van der Waals surface area (Å²) >= 11 is 6.21. The zero-order chi connectivity index (χ0) is 19.3. The molecule has 3 aromatic heterocycles. The van der Waals surface area contributed by atoms with E-state index in [2.05, 4.69) is 15.2 Å². The maximum absolute atomic E-state index is 12.4. The minimum absolute atomic E-state index is 0.0482. The van der Waals surface area contributed by atoms with Gasteiger partial charge < -0.3 is 9.73 Å². The Balaban J connectivity index is 1.43. The van der Waals surface area contributed by atoms with E-state index in [4.69, 9.17) is 16.0 Å². The summed E-state index contributed by atoms with van der Waals surface area (Å²) in [6, 6.07) is 9.58. The highest BCUT2D eigenvalue weighted by molar-refractivity contribution is 6.31. The van der Waals surface area contributed by atoms with Crippen LogP contribution >= 0.6 is 11.6 Å². The fraction of sp³-hybridized carbons (Fsp3) is 0.333. The molecule has 1 N–H and O–H groups in total. The Kier molecular flexibility index (Phi) is 5.78. The van der Waals surface area contributed by atoms with Gasteiger partial charge in [-0.05, 0) is 56.3 Å². The topological polar surface area (TPSA) is 62.8 Å². The maximum atomic E-state index is 12.4. The number of carbonyl (C=O) groups excluding carboxylic acids is 1. The van der Waals surface area contributed by atoms with Crippen molar-refractivity contribution in [2.45, 2.75) is 25.3 Å². The maximum Gasteiger partial charge on any atom is 0.244 e. The minimum Gasteiger partial charge on any atom is -0.468 e. The molecule has 1 saturated heterocycles. The van der Waals surface area contributed by atoms with Crippen molar-refractivity contribution in [2.24, 2.45) is 0 Å². The number of amides is 1. The van der Waals surface area contributed by atoms with Crippen LogP contribution in [0.5, 0.6) is 0 Å². The van der Waals surface area contributed by atoms with Gasteiger partial charge in [-0.15, -0.1) is 0 Å². The smallest absolute Gasteiger partial charge is 0.244 e. The predicted octanol–water partition coefficient (Wildman–Crippen LogP) is 3.94. The number of rotatable bonds is 6. The van der Waals surface area contributed by atoms with Crippen molar-refractivity contribution in [1.82, 2.24) is 19.6 Å². The number of aromatic nitrogens is 2. The Morgan fingerprint density at radius 2 is 2.11 bits per heavy atom. The molecule has 1 atom stereocenters. The van der Waals surface area contributed by atoms with Gasteiger partial charge in [-0.1, -0.05) is 24.1 Å². The van der Waals surface area contributed by atoms with Crippen LogP contribution in [0, 0.1) is 0 Å². The van der Waals surface area contributed by atoms with Crippen LogP contribution in [0.15, 0.2) is 53.3 Å². The van der Waals surface area contributed by atoms with E-state index in [0.717, 1.165) is 24.5 Å². The summed E-state index contributed by atoms with van der Waals surface area (Å²) in [4.78, 5) is 19.1. The standard InChI is InChI=1S/C21H23ClN4O2/c22-21-16(26-13-5-2-8-19(26)24-21)9-10-20(27)23-15-17(18-7-6-14-28-18)25-11-3-1-4-12-25/h2,5-10,13-14,17H,1,3-4,11-12,15H2,(H,23,27)/b10-9+. The highest BCUT2D eigenvalue weighted by Gasteiger charge is 2.24. The number of pyridine rings is 1. The van der Waals surface area contributed by atoms with Gasteiger partial charge in [0.1, 0.15) is 11.4 Å². The van der Waals surface area contributed by atoms with Gasteiger partial charge in [0.05, 0.1) is 18.0 Å². The molecule has 0 spiro atoms. The number of hydrogen-bond acceptors (Lipinski definition) is 4. The molecule has 4 heterocycles. The Morgan fingerprint density at radius 1 is 1.25 bits per heavy atom. The summed E-state index contributed by atoms with van der Waals surface area (Å²) < 4.78 is 7.48. The fourth-order valence-electron chi connectivity index (χ4n) is 3.67. The Hall–Kier alpha value is -2.57. The molecule has 0 saturated carbocycles. The molecular weight excluding hydrogens is 376 g/mol. The third kappa shape index (κ3) is 4.13. The first-order valence-corrected chi connectivity index (χ1v) is 9.96. The highest BCUT2D eigenvalue weighted by atomic mass is 35.5. The van der Waals surface area contributed by atoms with Crippen molar-refractivity contribution in [3.63, 3.8) is 0 Å². The van der Waals surface area contributed by atoms with Crippen molar-refractivity contribution < 1.29 is 9.21 Å². The number of nitrogens with zero attached hydrogens (tertiary/aromatic N) is 3. The van der Waals surface area contributed by atoms with Gasteiger partial charge in [-0.25, -0.2) is 4.98 Å². The number of likely N-dealkylation sites (tertiary alicyclic amines) is 1. The number of nitrogens with one attached hydrogen (secondary N) is 1. The summed E-state index contributed by atoms with van der Waals surface area (Å²) in [6.45, 7) is 2.54. The molecule has 0 aromatic carbocycles. The molecule has 28 heavy (non-hydrogen) atoms. The number of hydrogen-bond donors (Lipinski definition) is 1. The van der Waals surface area contributed by atoms with Gasteiger partial charge in [-0.3, -0.25) is 14.1 Å². The number of fused-ring (bicyclic) bond motifs is 1. The van der Waals surface area contributed by atoms with E-state index in [-0.39, 0.29) is 11.9 Å². The number of imidazole rings is 1. The molecule has 4 rings (SSSR count). The zero-order valence-electron chi connectivity index (χ0n) is 15.6. The van der Waals surface area contributed by atoms with Crippen LogP contribution in [0.2, 0.25) is 5.15 Å². The van der Waals surface area contributed by atoms with Crippen LogP contribution in [-0.2, 0) is 4.79 Å². The van der Waals surface area contributed by atoms with Crippen molar-refractivity contribution in [2.75, 3.05) is 19.6 Å². The molecule has 0 bridgehead atoms. The summed E-state index contributed by atoms with van der Waals surface area (Å²) in [5.41, 5.74) is 1.43. The van der Waals surface area contributed by atoms with E-state index in [1.54, 1.807) is 12.3 Å². The van der Waals surface area contributed by atoms with Crippen molar-refractivity contribution in [3.05, 3.63) is 65.5 Å². The second-order valence-electron chi connectivity index (χ2n) is 6.92. The highest BCUT2D eigenvalue weighted by Crippen LogP contribution is 2.24. The van der Waals surface area contributed by atoms with Gasteiger partial charge in [0.15, 0.2) is 5.15 Å². The van der Waals surface area contributed by atoms with E-state index >= 15 is 0 Å². The van der Waals surface area contributed by atoms with E-state index in [1.165, 1.54) is 25.3 Å². The largest absolute Gasteiger partial charge is 0.468 e. The molecule has 1 aliphatic heterocycles. The van der Waals surface area contributed by atoms with Crippen LogP contribution in [0.1, 0.15) is 36.8 Å². The molecule has 0 aliphatic carbocycles. The number of furan rings is 1. The van der Waals surface area contributed by atoms with Crippen molar-refractivity contribution in [3.8, 4) is 0 Å². The lowest BCUT2D eigenvalue weighted by atomic mass is 10.1. The monoisotopic (exact) mass is 398 g/mol. The SMILES string of the molecule is O=C(/C=C/c1c(Cl)nc2ccccn12)NCC(c1ccco1)N1CCCCC1. The summed E-state index contributed by atoms with van der Waals surface area (Å²) in [6.07, 6.45) is 10.4. The Labute approximate surface area is 168 Å². The van der Waals surface area contributed by atoms with E-state index < -0.39 is 0 Å². The first-order chi connectivity index (χ1) is 13.7. The fourth-order valence-corrected chi connectivity index (χ4v) is 3.91. The average Bonchev–Trinajstić information content (AvgIpc) is 3.35. The Morgan fingerprint density at radius 3 is 2.89 bits per heavy atom. The van der Waals surface area contributed by atoms with Crippen LogP contribution in [0.4, 0.5) is 0 Å². The molecule has 3 aromatic rings. The normalized spacial score (nSPS) is 16.6. The summed E-state index contributed by atoms with van der Waals surface area (Å²) in [5.74, 6) is 0.714. The van der Waals surface area contributed by atoms with E-state index in [9.17, 15) is 4.79 Å². The van der Waals surface area contributed by atoms with E-state index in [1.807, 2.05) is 40.9 Å².